The maximum atomic E-state index is 12.9. The van der Waals surface area contributed by atoms with Crippen LogP contribution in [0.25, 0.3) is 0 Å². The molecule has 0 unspecified atom stereocenters. The Morgan fingerprint density at radius 2 is 2.03 bits per heavy atom. The van der Waals surface area contributed by atoms with E-state index in [4.69, 9.17) is 14.2 Å². The Hall–Kier alpha value is -2.42. The largest absolute Gasteiger partial charge is 0.476 e. The van der Waals surface area contributed by atoms with Gasteiger partial charge in [-0.05, 0) is 43.2 Å². The molecule has 1 saturated heterocycles. The number of halogens is 1. The molecular formula is C23H34FN3O5. The molecule has 32 heavy (non-hydrogen) atoms. The highest BCUT2D eigenvalue weighted by atomic mass is 19.1. The van der Waals surface area contributed by atoms with Crippen LogP contribution in [0.3, 0.4) is 0 Å². The molecule has 178 valence electrons. The molecule has 1 aromatic rings. The normalized spacial score (nSPS) is 17.1. The van der Waals surface area contributed by atoms with Gasteiger partial charge in [0, 0.05) is 26.6 Å². The molecule has 1 aromatic heterocycles. The number of alkyl halides is 1. The first-order valence-corrected chi connectivity index (χ1v) is 11.4. The van der Waals surface area contributed by atoms with Crippen molar-refractivity contribution in [1.29, 1.82) is 0 Å². The van der Waals surface area contributed by atoms with E-state index in [2.05, 4.69) is 15.2 Å². The average Bonchev–Trinajstić information content (AvgIpc) is 3.55. The first kappa shape index (κ1) is 24.2. The number of rotatable bonds is 13. The van der Waals surface area contributed by atoms with Crippen LogP contribution >= 0.6 is 0 Å². The lowest BCUT2D eigenvalue weighted by molar-refractivity contribution is -0.146. The third-order valence-electron chi connectivity index (χ3n) is 5.57. The van der Waals surface area contributed by atoms with E-state index in [0.717, 1.165) is 31.6 Å². The van der Waals surface area contributed by atoms with Gasteiger partial charge >= 0.3 is 5.97 Å². The van der Waals surface area contributed by atoms with Crippen LogP contribution in [-0.2, 0) is 14.3 Å². The van der Waals surface area contributed by atoms with Crippen molar-refractivity contribution in [2.45, 2.75) is 51.7 Å². The fourth-order valence-electron chi connectivity index (χ4n) is 3.42. The number of methoxy groups -OCH3 is 1. The maximum absolute atomic E-state index is 12.9. The third kappa shape index (κ3) is 6.79. The Balaban J connectivity index is 1.70. The summed E-state index contributed by atoms with van der Waals surface area (Å²) in [7, 11) is 1.69. The number of ether oxygens (including phenoxy) is 3. The molecule has 0 bridgehead atoms. The molecule has 1 atom stereocenters. The van der Waals surface area contributed by atoms with Crippen LogP contribution in [0.2, 0.25) is 0 Å². The predicted molar refractivity (Wildman–Crippen MR) is 118 cm³/mol. The number of hydrogen-bond donors (Lipinski definition) is 1. The number of aromatic nitrogens is 1. The van der Waals surface area contributed by atoms with Crippen LogP contribution in [0.5, 0.6) is 5.88 Å². The summed E-state index contributed by atoms with van der Waals surface area (Å²) in [6.45, 7) is 5.38. The van der Waals surface area contributed by atoms with E-state index in [1.807, 2.05) is 19.9 Å². The molecule has 1 amide bonds. The van der Waals surface area contributed by atoms with E-state index in [9.17, 15) is 14.0 Å². The second-order valence-electron chi connectivity index (χ2n) is 8.90. The van der Waals surface area contributed by atoms with E-state index < -0.39 is 24.6 Å². The van der Waals surface area contributed by atoms with Gasteiger partial charge in [0.25, 0.3) is 5.91 Å². The number of carbonyl (C=O) groups excluding carboxylic acids is 2. The first-order chi connectivity index (χ1) is 15.4. The molecule has 1 saturated carbocycles. The predicted octanol–water partition coefficient (Wildman–Crippen LogP) is 2.75. The lowest BCUT2D eigenvalue weighted by atomic mass is 10.0. The van der Waals surface area contributed by atoms with Crippen LogP contribution in [0.15, 0.2) is 12.1 Å². The molecule has 2 aliphatic rings. The van der Waals surface area contributed by atoms with Crippen LogP contribution in [0, 0.1) is 11.8 Å². The summed E-state index contributed by atoms with van der Waals surface area (Å²) in [4.78, 5) is 31.9. The second kappa shape index (κ2) is 11.4. The minimum Gasteiger partial charge on any atom is -0.476 e. The summed E-state index contributed by atoms with van der Waals surface area (Å²) in [6.07, 6.45) is 3.02. The molecule has 0 aromatic carbocycles. The molecule has 3 rings (SSSR count). The summed E-state index contributed by atoms with van der Waals surface area (Å²) >= 11 is 0. The summed E-state index contributed by atoms with van der Waals surface area (Å²) in [5.41, 5.74) is 1.01. The van der Waals surface area contributed by atoms with Gasteiger partial charge in [-0.25, -0.2) is 9.78 Å². The number of amides is 1. The van der Waals surface area contributed by atoms with Crippen molar-refractivity contribution in [3.63, 3.8) is 0 Å². The van der Waals surface area contributed by atoms with Crippen LogP contribution in [0.4, 0.5) is 10.1 Å². The average molecular weight is 452 g/mol. The Bertz CT molecular complexity index is 781. The summed E-state index contributed by atoms with van der Waals surface area (Å²) in [5, 5.41) is 2.73. The van der Waals surface area contributed by atoms with Crippen molar-refractivity contribution >= 4 is 17.6 Å². The number of hydrogen-bond acceptors (Lipinski definition) is 7. The Labute approximate surface area is 188 Å². The highest BCUT2D eigenvalue weighted by molar-refractivity contribution is 5.95. The lowest BCUT2D eigenvalue weighted by Crippen LogP contribution is -2.52. The van der Waals surface area contributed by atoms with E-state index in [0.29, 0.717) is 24.8 Å². The van der Waals surface area contributed by atoms with Crippen molar-refractivity contribution in [2.75, 3.05) is 45.0 Å². The van der Waals surface area contributed by atoms with E-state index >= 15 is 0 Å². The molecule has 1 aliphatic heterocycles. The number of nitrogens with one attached hydrogen (secondary N) is 1. The summed E-state index contributed by atoms with van der Waals surface area (Å²) < 4.78 is 28.7. The van der Waals surface area contributed by atoms with Gasteiger partial charge in [-0.2, -0.15) is 0 Å². The van der Waals surface area contributed by atoms with Gasteiger partial charge in [0.15, 0.2) is 0 Å². The van der Waals surface area contributed by atoms with Gasteiger partial charge in [-0.15, -0.1) is 0 Å². The SMILES string of the molecule is COC1CN(c2ccc(C(=O)N[C@@H](CC(C)C)C(=O)OCCCF)nc2OCC2CC2)C1. The van der Waals surface area contributed by atoms with Crippen molar-refractivity contribution in [3.8, 4) is 5.88 Å². The molecule has 1 N–H and O–H groups in total. The molecule has 0 radical (unpaired) electrons. The van der Waals surface area contributed by atoms with E-state index in [1.54, 1.807) is 13.2 Å². The Morgan fingerprint density at radius 1 is 1.28 bits per heavy atom. The van der Waals surface area contributed by atoms with Crippen molar-refractivity contribution < 1.29 is 28.2 Å². The smallest absolute Gasteiger partial charge is 0.328 e. The third-order valence-corrected chi connectivity index (χ3v) is 5.57. The van der Waals surface area contributed by atoms with Gasteiger partial charge < -0.3 is 24.4 Å². The molecule has 9 heteroatoms. The second-order valence-corrected chi connectivity index (χ2v) is 8.90. The molecule has 0 spiro atoms. The lowest BCUT2D eigenvalue weighted by Gasteiger charge is -2.40. The molecular weight excluding hydrogens is 417 g/mol. The van der Waals surface area contributed by atoms with Gasteiger partial charge in [0.2, 0.25) is 5.88 Å². The minimum absolute atomic E-state index is 0.00972. The number of nitrogens with zero attached hydrogens (tertiary/aromatic N) is 2. The fourth-order valence-corrected chi connectivity index (χ4v) is 3.42. The zero-order chi connectivity index (χ0) is 23.1. The van der Waals surface area contributed by atoms with Gasteiger partial charge in [-0.3, -0.25) is 9.18 Å². The number of carbonyl (C=O) groups is 2. The topological polar surface area (TPSA) is 90.0 Å². The first-order valence-electron chi connectivity index (χ1n) is 11.4. The summed E-state index contributed by atoms with van der Waals surface area (Å²) in [6, 6.07) is 2.64. The van der Waals surface area contributed by atoms with Crippen molar-refractivity contribution in [1.82, 2.24) is 10.3 Å². The zero-order valence-corrected chi connectivity index (χ0v) is 19.1. The molecule has 8 nitrogen and oxygen atoms in total. The number of anilines is 1. The van der Waals surface area contributed by atoms with Gasteiger partial charge in [-0.1, -0.05) is 13.8 Å². The quantitative estimate of drug-likeness (QED) is 0.364. The number of pyridine rings is 1. The molecule has 2 fully saturated rings. The zero-order valence-electron chi connectivity index (χ0n) is 19.1. The standard InChI is InChI=1S/C23H34FN3O5/c1-15(2)11-19(23(29)31-10-4-9-24)25-21(28)18-7-8-20(27-12-17(13-27)30-3)22(26-18)32-14-16-5-6-16/h7-8,15-17,19H,4-6,9-14H2,1-3H3,(H,25,28)/t19-/m0/s1. The maximum Gasteiger partial charge on any atom is 0.328 e. The van der Waals surface area contributed by atoms with Crippen LogP contribution in [0.1, 0.15) is 50.0 Å². The molecule has 1 aliphatic carbocycles. The van der Waals surface area contributed by atoms with Crippen molar-refractivity contribution in [2.24, 2.45) is 11.8 Å². The highest BCUT2D eigenvalue weighted by Crippen LogP contribution is 2.34. The highest BCUT2D eigenvalue weighted by Gasteiger charge is 2.31. The summed E-state index contributed by atoms with van der Waals surface area (Å²) in [5.74, 6) is 0.0829. The minimum atomic E-state index is -0.822. The van der Waals surface area contributed by atoms with Crippen LogP contribution < -0.4 is 15.0 Å². The van der Waals surface area contributed by atoms with Gasteiger partial charge in [0.1, 0.15) is 17.4 Å². The molecule has 2 heterocycles. The van der Waals surface area contributed by atoms with E-state index in [1.165, 1.54) is 0 Å². The monoisotopic (exact) mass is 451 g/mol. The fraction of sp³-hybridized carbons (Fsp3) is 0.696. The van der Waals surface area contributed by atoms with Gasteiger partial charge in [0.05, 0.1) is 26.0 Å². The Kier molecular flexibility index (Phi) is 8.67. The van der Waals surface area contributed by atoms with E-state index in [-0.39, 0.29) is 30.7 Å². The van der Waals surface area contributed by atoms with Crippen molar-refractivity contribution in [3.05, 3.63) is 17.8 Å². The van der Waals surface area contributed by atoms with Crippen LogP contribution in [-0.4, -0.2) is 69.1 Å². The number of esters is 1. The Morgan fingerprint density at radius 3 is 2.66 bits per heavy atom.